The van der Waals surface area contributed by atoms with E-state index in [9.17, 15) is 4.79 Å². The average Bonchev–Trinajstić information content (AvgIpc) is 2.56. The molecule has 0 bridgehead atoms. The molecule has 0 unspecified atom stereocenters. The van der Waals surface area contributed by atoms with Crippen LogP contribution in [0.5, 0.6) is 11.5 Å². The summed E-state index contributed by atoms with van der Waals surface area (Å²) in [5.74, 6) is 1.45. The van der Waals surface area contributed by atoms with Crippen LogP contribution in [-0.4, -0.2) is 19.0 Å². The van der Waals surface area contributed by atoms with Gasteiger partial charge in [-0.3, -0.25) is 4.79 Å². The zero-order valence-corrected chi connectivity index (χ0v) is 14.4. The van der Waals surface area contributed by atoms with Crippen LogP contribution in [-0.2, 0) is 0 Å². The number of ketones is 1. The number of hydrogen-bond donors (Lipinski definition) is 0. The van der Waals surface area contributed by atoms with Crippen LogP contribution in [0.2, 0.25) is 0 Å². The van der Waals surface area contributed by atoms with Gasteiger partial charge in [-0.15, -0.1) is 0 Å². The SMILES string of the molecule is CCCCOc1cc(C(C)=O)c(OCCCC)c2ccccc12. The molecule has 0 aliphatic carbocycles. The van der Waals surface area contributed by atoms with Gasteiger partial charge < -0.3 is 9.47 Å². The molecule has 2 rings (SSSR count). The summed E-state index contributed by atoms with van der Waals surface area (Å²) in [6, 6.07) is 9.80. The smallest absolute Gasteiger partial charge is 0.163 e. The first-order valence-electron chi connectivity index (χ1n) is 8.51. The Balaban J connectivity index is 2.48. The zero-order valence-electron chi connectivity index (χ0n) is 14.4. The summed E-state index contributed by atoms with van der Waals surface area (Å²) < 4.78 is 11.9. The Kier molecular flexibility index (Phi) is 6.45. The zero-order chi connectivity index (χ0) is 16.7. The van der Waals surface area contributed by atoms with Gasteiger partial charge in [0.2, 0.25) is 0 Å². The fourth-order valence-electron chi connectivity index (χ4n) is 2.50. The molecule has 2 aromatic rings. The monoisotopic (exact) mass is 314 g/mol. The van der Waals surface area contributed by atoms with E-state index in [4.69, 9.17) is 9.47 Å². The molecule has 0 saturated heterocycles. The number of rotatable bonds is 9. The molecule has 0 aromatic heterocycles. The van der Waals surface area contributed by atoms with Gasteiger partial charge in [0.15, 0.2) is 5.78 Å². The molecule has 2 aromatic carbocycles. The lowest BCUT2D eigenvalue weighted by Crippen LogP contribution is -2.05. The summed E-state index contributed by atoms with van der Waals surface area (Å²) in [5.41, 5.74) is 0.603. The van der Waals surface area contributed by atoms with Crippen molar-refractivity contribution < 1.29 is 14.3 Å². The van der Waals surface area contributed by atoms with E-state index in [-0.39, 0.29) is 5.78 Å². The van der Waals surface area contributed by atoms with Gasteiger partial charge in [-0.2, -0.15) is 0 Å². The first-order valence-corrected chi connectivity index (χ1v) is 8.51. The lowest BCUT2D eigenvalue weighted by atomic mass is 10.0. The van der Waals surface area contributed by atoms with Crippen LogP contribution in [0.4, 0.5) is 0 Å². The maximum atomic E-state index is 12.1. The number of carbonyl (C=O) groups is 1. The Morgan fingerprint density at radius 3 is 2.17 bits per heavy atom. The van der Waals surface area contributed by atoms with Crippen LogP contribution in [0.25, 0.3) is 10.8 Å². The first-order chi connectivity index (χ1) is 11.2. The molecule has 124 valence electrons. The van der Waals surface area contributed by atoms with Crippen molar-refractivity contribution >= 4 is 16.6 Å². The Morgan fingerprint density at radius 1 is 0.957 bits per heavy atom. The summed E-state index contributed by atoms with van der Waals surface area (Å²) in [4.78, 5) is 12.1. The minimum Gasteiger partial charge on any atom is -0.493 e. The topological polar surface area (TPSA) is 35.5 Å². The second kappa shape index (κ2) is 8.56. The predicted octanol–water partition coefficient (Wildman–Crippen LogP) is 5.40. The molecule has 0 radical (unpaired) electrons. The molecular weight excluding hydrogens is 288 g/mol. The van der Waals surface area contributed by atoms with Crippen molar-refractivity contribution in [2.45, 2.75) is 46.5 Å². The van der Waals surface area contributed by atoms with E-state index in [1.165, 1.54) is 0 Å². The number of carbonyl (C=O) groups excluding carboxylic acids is 1. The summed E-state index contributed by atoms with van der Waals surface area (Å²) in [7, 11) is 0. The number of unbranched alkanes of at least 4 members (excludes halogenated alkanes) is 2. The lowest BCUT2D eigenvalue weighted by molar-refractivity contribution is 0.101. The van der Waals surface area contributed by atoms with E-state index in [2.05, 4.69) is 13.8 Å². The van der Waals surface area contributed by atoms with Gasteiger partial charge in [-0.25, -0.2) is 0 Å². The van der Waals surface area contributed by atoms with Crippen LogP contribution in [0.1, 0.15) is 56.8 Å². The number of ether oxygens (including phenoxy) is 2. The second-order valence-electron chi connectivity index (χ2n) is 5.76. The quantitative estimate of drug-likeness (QED) is 0.459. The van der Waals surface area contributed by atoms with Crippen molar-refractivity contribution in [3.63, 3.8) is 0 Å². The van der Waals surface area contributed by atoms with Gasteiger partial charge in [0, 0.05) is 10.8 Å². The van der Waals surface area contributed by atoms with E-state index in [1.807, 2.05) is 30.3 Å². The number of fused-ring (bicyclic) bond motifs is 1. The normalized spacial score (nSPS) is 10.7. The summed E-state index contributed by atoms with van der Waals surface area (Å²) in [6.07, 6.45) is 4.11. The summed E-state index contributed by atoms with van der Waals surface area (Å²) in [5, 5.41) is 1.95. The Bertz CT molecular complexity index is 661. The van der Waals surface area contributed by atoms with Crippen LogP contribution >= 0.6 is 0 Å². The van der Waals surface area contributed by atoms with Gasteiger partial charge in [0.1, 0.15) is 11.5 Å². The van der Waals surface area contributed by atoms with E-state index in [0.717, 1.165) is 42.2 Å². The third-order valence-electron chi connectivity index (χ3n) is 3.84. The largest absolute Gasteiger partial charge is 0.493 e. The summed E-state index contributed by atoms with van der Waals surface area (Å²) >= 11 is 0. The Labute approximate surface area is 138 Å². The lowest BCUT2D eigenvalue weighted by Gasteiger charge is -2.16. The first kappa shape index (κ1) is 17.3. The van der Waals surface area contributed by atoms with Crippen molar-refractivity contribution in [2.24, 2.45) is 0 Å². The van der Waals surface area contributed by atoms with E-state index in [1.54, 1.807) is 6.92 Å². The van der Waals surface area contributed by atoms with E-state index < -0.39 is 0 Å². The van der Waals surface area contributed by atoms with Crippen LogP contribution in [0.15, 0.2) is 30.3 Å². The maximum Gasteiger partial charge on any atom is 0.163 e. The molecular formula is C20H26O3. The molecule has 3 nitrogen and oxygen atoms in total. The minimum atomic E-state index is 0.00240. The number of hydrogen-bond acceptors (Lipinski definition) is 3. The highest BCUT2D eigenvalue weighted by Crippen LogP contribution is 2.37. The molecule has 3 heteroatoms. The highest BCUT2D eigenvalue weighted by atomic mass is 16.5. The van der Waals surface area contributed by atoms with Crippen LogP contribution in [0, 0.1) is 0 Å². The molecule has 23 heavy (non-hydrogen) atoms. The van der Waals surface area contributed by atoms with Crippen LogP contribution < -0.4 is 9.47 Å². The highest BCUT2D eigenvalue weighted by molar-refractivity contribution is 6.06. The average molecular weight is 314 g/mol. The van der Waals surface area contributed by atoms with Gasteiger partial charge in [-0.1, -0.05) is 51.0 Å². The highest BCUT2D eigenvalue weighted by Gasteiger charge is 2.17. The fraction of sp³-hybridized carbons (Fsp3) is 0.450. The fourth-order valence-corrected chi connectivity index (χ4v) is 2.50. The van der Waals surface area contributed by atoms with Crippen LogP contribution in [0.3, 0.4) is 0 Å². The van der Waals surface area contributed by atoms with Gasteiger partial charge in [-0.05, 0) is 25.8 Å². The van der Waals surface area contributed by atoms with Crippen molar-refractivity contribution in [3.8, 4) is 11.5 Å². The maximum absolute atomic E-state index is 12.1. The second-order valence-corrected chi connectivity index (χ2v) is 5.76. The number of benzene rings is 2. The minimum absolute atomic E-state index is 0.00240. The van der Waals surface area contributed by atoms with Crippen molar-refractivity contribution in [3.05, 3.63) is 35.9 Å². The molecule has 0 heterocycles. The molecule has 0 spiro atoms. The third-order valence-corrected chi connectivity index (χ3v) is 3.84. The Hall–Kier alpha value is -2.03. The molecule has 0 atom stereocenters. The molecule has 0 fully saturated rings. The molecule has 0 aliphatic rings. The van der Waals surface area contributed by atoms with Crippen molar-refractivity contribution in [1.82, 2.24) is 0 Å². The van der Waals surface area contributed by atoms with Gasteiger partial charge >= 0.3 is 0 Å². The van der Waals surface area contributed by atoms with E-state index in [0.29, 0.717) is 24.5 Å². The molecule has 0 amide bonds. The standard InChI is InChI=1S/C20H26O3/c1-4-6-12-22-19-14-18(15(3)21)20(23-13-7-5-2)17-11-9-8-10-16(17)19/h8-11,14H,4-7,12-13H2,1-3H3. The van der Waals surface area contributed by atoms with Crippen molar-refractivity contribution in [1.29, 1.82) is 0 Å². The molecule has 0 N–H and O–H groups in total. The van der Waals surface area contributed by atoms with Crippen molar-refractivity contribution in [2.75, 3.05) is 13.2 Å². The summed E-state index contributed by atoms with van der Waals surface area (Å²) in [6.45, 7) is 7.11. The predicted molar refractivity (Wildman–Crippen MR) is 94.8 cm³/mol. The molecule has 0 saturated carbocycles. The third kappa shape index (κ3) is 4.25. The Morgan fingerprint density at radius 2 is 1.57 bits per heavy atom. The molecule has 0 aliphatic heterocycles. The van der Waals surface area contributed by atoms with Gasteiger partial charge in [0.05, 0.1) is 18.8 Å². The van der Waals surface area contributed by atoms with E-state index >= 15 is 0 Å². The van der Waals surface area contributed by atoms with Gasteiger partial charge in [0.25, 0.3) is 0 Å². The number of Topliss-reactive ketones (excluding diaryl/α,β-unsaturated/α-hetero) is 1.